The molecule has 0 aliphatic carbocycles. The van der Waals surface area contributed by atoms with Crippen molar-refractivity contribution in [3.05, 3.63) is 35.4 Å². The average molecular weight is 220 g/mol. The minimum absolute atomic E-state index is 0.210. The summed E-state index contributed by atoms with van der Waals surface area (Å²) < 4.78 is 9.05. The zero-order chi connectivity index (χ0) is 12.6. The number of ether oxygens (including phenoxy) is 2. The monoisotopic (exact) mass is 220 g/mol. The lowest BCUT2D eigenvalue weighted by atomic mass is 10.1. The molecule has 0 radical (unpaired) electrons. The van der Waals surface area contributed by atoms with E-state index in [0.29, 0.717) is 0 Å². The van der Waals surface area contributed by atoms with Crippen LogP contribution in [0.3, 0.4) is 0 Å². The van der Waals surface area contributed by atoms with Crippen LogP contribution in [0.4, 0.5) is 0 Å². The molecule has 4 heteroatoms. The van der Waals surface area contributed by atoms with Gasteiger partial charge in [-0.3, -0.25) is 0 Å². The van der Waals surface area contributed by atoms with Gasteiger partial charge in [-0.15, -0.1) is 12.8 Å². The molecule has 0 bridgehead atoms. The van der Waals surface area contributed by atoms with Gasteiger partial charge in [0.25, 0.3) is 0 Å². The van der Waals surface area contributed by atoms with E-state index in [1.165, 1.54) is 26.4 Å². The minimum Gasteiger partial charge on any atom is -0.465 e. The third kappa shape index (κ3) is 3.14. The zero-order valence-electron chi connectivity index (χ0n) is 9.10. The van der Waals surface area contributed by atoms with Gasteiger partial charge in [0.15, 0.2) is 0 Å². The zero-order valence-corrected chi connectivity index (χ0v) is 9.10. The van der Waals surface area contributed by atoms with Crippen molar-refractivity contribution in [2.75, 3.05) is 14.2 Å². The highest BCUT2D eigenvalue weighted by Crippen LogP contribution is 2.10. The lowest BCUT2D eigenvalue weighted by molar-refractivity contribution is 0.0555. The van der Waals surface area contributed by atoms with Crippen LogP contribution >= 0.6 is 0 Å². The molecule has 84 valence electrons. The molecule has 0 spiro atoms. The van der Waals surface area contributed by atoms with Crippen LogP contribution in [0.5, 0.6) is 0 Å². The number of hydrogen-bond acceptors (Lipinski definition) is 4. The first kappa shape index (κ1) is 13.7. The second kappa shape index (κ2) is 7.07. The van der Waals surface area contributed by atoms with Crippen LogP contribution < -0.4 is 0 Å². The number of esters is 2. The van der Waals surface area contributed by atoms with Crippen LogP contribution in [0.25, 0.3) is 0 Å². The second-order valence-corrected chi connectivity index (χ2v) is 2.53. The van der Waals surface area contributed by atoms with Crippen LogP contribution in [0.1, 0.15) is 20.7 Å². The van der Waals surface area contributed by atoms with Gasteiger partial charge in [-0.1, -0.05) is 12.1 Å². The summed E-state index contributed by atoms with van der Waals surface area (Å²) in [6.07, 6.45) is 8.00. The van der Waals surface area contributed by atoms with Crippen LogP contribution in [-0.4, -0.2) is 26.2 Å². The first-order valence-electron chi connectivity index (χ1n) is 4.29. The van der Waals surface area contributed by atoms with Gasteiger partial charge in [0, 0.05) is 0 Å². The van der Waals surface area contributed by atoms with Gasteiger partial charge in [0.2, 0.25) is 0 Å². The van der Waals surface area contributed by atoms with Gasteiger partial charge in [-0.2, -0.15) is 0 Å². The summed E-state index contributed by atoms with van der Waals surface area (Å²) in [5.41, 5.74) is 0.420. The van der Waals surface area contributed by atoms with Gasteiger partial charge in [-0.05, 0) is 12.1 Å². The van der Waals surface area contributed by atoms with Crippen molar-refractivity contribution in [3.63, 3.8) is 0 Å². The van der Waals surface area contributed by atoms with E-state index in [0.717, 1.165) is 0 Å². The number of terminal acetylenes is 1. The number of rotatable bonds is 2. The van der Waals surface area contributed by atoms with E-state index in [2.05, 4.69) is 22.3 Å². The lowest BCUT2D eigenvalue weighted by Gasteiger charge is -2.04. The van der Waals surface area contributed by atoms with Gasteiger partial charge < -0.3 is 9.47 Å². The molecule has 0 heterocycles. The second-order valence-electron chi connectivity index (χ2n) is 2.53. The maximum atomic E-state index is 11.2. The molecule has 0 atom stereocenters. The maximum absolute atomic E-state index is 11.2. The fourth-order valence-corrected chi connectivity index (χ4v) is 1.06. The Balaban J connectivity index is 0.00000106. The van der Waals surface area contributed by atoms with Crippen molar-refractivity contribution < 1.29 is 19.1 Å². The van der Waals surface area contributed by atoms with E-state index < -0.39 is 11.9 Å². The summed E-state index contributed by atoms with van der Waals surface area (Å²) in [4.78, 5) is 22.4. The van der Waals surface area contributed by atoms with Crippen molar-refractivity contribution in [1.29, 1.82) is 0 Å². The van der Waals surface area contributed by atoms with Gasteiger partial charge in [0.1, 0.15) is 0 Å². The van der Waals surface area contributed by atoms with E-state index in [1.54, 1.807) is 12.1 Å². The molecule has 1 aromatic rings. The van der Waals surface area contributed by atoms with Crippen LogP contribution in [-0.2, 0) is 9.47 Å². The van der Waals surface area contributed by atoms with Gasteiger partial charge in [0.05, 0.1) is 25.3 Å². The third-order valence-electron chi connectivity index (χ3n) is 1.74. The summed E-state index contributed by atoms with van der Waals surface area (Å²) in [6, 6.07) is 6.33. The largest absolute Gasteiger partial charge is 0.465 e. The highest BCUT2D eigenvalue weighted by molar-refractivity contribution is 6.02. The van der Waals surface area contributed by atoms with Crippen molar-refractivity contribution in [1.82, 2.24) is 0 Å². The summed E-state index contributed by atoms with van der Waals surface area (Å²) in [5, 5.41) is 0. The molecule has 0 fully saturated rings. The van der Waals surface area contributed by atoms with E-state index in [1.807, 2.05) is 0 Å². The molecule has 0 aliphatic heterocycles. The van der Waals surface area contributed by atoms with Crippen LogP contribution in [0, 0.1) is 12.8 Å². The summed E-state index contributed by atoms with van der Waals surface area (Å²) in [5.74, 6) is -1.10. The summed E-state index contributed by atoms with van der Waals surface area (Å²) >= 11 is 0. The Morgan fingerprint density at radius 2 is 1.25 bits per heavy atom. The fraction of sp³-hybridized carbons (Fsp3) is 0.167. The number of carbonyl (C=O) groups is 2. The van der Waals surface area contributed by atoms with Crippen LogP contribution in [0.2, 0.25) is 0 Å². The summed E-state index contributed by atoms with van der Waals surface area (Å²) in [6.45, 7) is 0. The van der Waals surface area contributed by atoms with Crippen molar-refractivity contribution in [2.24, 2.45) is 0 Å². The van der Waals surface area contributed by atoms with E-state index >= 15 is 0 Å². The Hall–Kier alpha value is -2.28. The SMILES string of the molecule is C#C.COC(=O)c1ccccc1C(=O)OC. The first-order chi connectivity index (χ1) is 7.70. The molecule has 0 N–H and O–H groups in total. The molecule has 4 nitrogen and oxygen atoms in total. The van der Waals surface area contributed by atoms with Crippen molar-refractivity contribution in [2.45, 2.75) is 0 Å². The van der Waals surface area contributed by atoms with Gasteiger partial charge in [-0.25, -0.2) is 9.59 Å². The van der Waals surface area contributed by atoms with Gasteiger partial charge >= 0.3 is 11.9 Å². The average Bonchev–Trinajstić information content (AvgIpc) is 2.39. The molecule has 0 aliphatic rings. The number of benzene rings is 1. The van der Waals surface area contributed by atoms with E-state index in [-0.39, 0.29) is 11.1 Å². The Morgan fingerprint density at radius 1 is 0.938 bits per heavy atom. The Labute approximate surface area is 94.2 Å². The fourth-order valence-electron chi connectivity index (χ4n) is 1.06. The predicted molar refractivity (Wildman–Crippen MR) is 59.0 cm³/mol. The topological polar surface area (TPSA) is 52.6 Å². The molecule has 16 heavy (non-hydrogen) atoms. The first-order valence-corrected chi connectivity index (χ1v) is 4.29. The van der Waals surface area contributed by atoms with Crippen molar-refractivity contribution in [3.8, 4) is 12.8 Å². The minimum atomic E-state index is -0.550. The highest BCUT2D eigenvalue weighted by atomic mass is 16.5. The molecule has 0 amide bonds. The molecular weight excluding hydrogens is 208 g/mol. The predicted octanol–water partition coefficient (Wildman–Crippen LogP) is 1.51. The smallest absolute Gasteiger partial charge is 0.338 e. The van der Waals surface area contributed by atoms with Crippen LogP contribution in [0.15, 0.2) is 24.3 Å². The molecule has 0 unspecified atom stereocenters. The molecule has 1 aromatic carbocycles. The Morgan fingerprint density at radius 3 is 1.50 bits per heavy atom. The Bertz CT molecular complexity index is 358. The summed E-state index contributed by atoms with van der Waals surface area (Å²) in [7, 11) is 2.52. The third-order valence-corrected chi connectivity index (χ3v) is 1.74. The quantitative estimate of drug-likeness (QED) is 0.560. The molecule has 0 aromatic heterocycles. The number of hydrogen-bond donors (Lipinski definition) is 0. The van der Waals surface area contributed by atoms with E-state index in [4.69, 9.17) is 0 Å². The molecule has 0 saturated heterocycles. The molecule has 0 saturated carbocycles. The van der Waals surface area contributed by atoms with Crippen molar-refractivity contribution >= 4 is 11.9 Å². The molecule has 1 rings (SSSR count). The normalized spacial score (nSPS) is 8.25. The standard InChI is InChI=1S/C10H10O4.C2H2/c1-13-9(11)7-5-3-4-6-8(7)10(12)14-2;1-2/h3-6H,1-2H3;1-2H. The Kier molecular flexibility index (Phi) is 6.06. The molecular formula is C12H12O4. The maximum Gasteiger partial charge on any atom is 0.338 e. The lowest BCUT2D eigenvalue weighted by Crippen LogP contribution is -2.11. The number of carbonyl (C=O) groups excluding carboxylic acids is 2. The highest BCUT2D eigenvalue weighted by Gasteiger charge is 2.16. The van der Waals surface area contributed by atoms with E-state index in [9.17, 15) is 9.59 Å². The number of methoxy groups -OCH3 is 2.